The first-order valence-electron chi connectivity index (χ1n) is 8.67. The van der Waals surface area contributed by atoms with Crippen molar-refractivity contribution in [3.8, 4) is 5.75 Å². The van der Waals surface area contributed by atoms with Crippen molar-refractivity contribution in [2.75, 3.05) is 19.7 Å². The van der Waals surface area contributed by atoms with Gasteiger partial charge in [0.05, 0.1) is 11.5 Å². The summed E-state index contributed by atoms with van der Waals surface area (Å²) in [5.74, 6) is 0.818. The highest BCUT2D eigenvalue weighted by Crippen LogP contribution is 2.11. The standard InChI is InChI=1S/C19H25N3O4S/c1-15-3-7-17(8-4-15)26-14-2-12-21-19(23)22-13-11-16-5-9-18(10-6-16)27(20,24)25/h3-10H,2,11-14H2,1H3,(H2,20,24,25)(H2,21,22,23). The van der Waals surface area contributed by atoms with Crippen LogP contribution in [0.5, 0.6) is 5.75 Å². The van der Waals surface area contributed by atoms with Gasteiger partial charge in [-0.3, -0.25) is 0 Å². The Morgan fingerprint density at radius 1 is 1.00 bits per heavy atom. The average Bonchev–Trinajstić information content (AvgIpc) is 2.63. The lowest BCUT2D eigenvalue weighted by atomic mass is 10.1. The summed E-state index contributed by atoms with van der Waals surface area (Å²) in [6, 6.07) is 13.9. The molecule has 0 spiro atoms. The molecule has 0 unspecified atom stereocenters. The summed E-state index contributed by atoms with van der Waals surface area (Å²) in [5.41, 5.74) is 2.09. The van der Waals surface area contributed by atoms with Gasteiger partial charge in [0.1, 0.15) is 5.75 Å². The van der Waals surface area contributed by atoms with Gasteiger partial charge in [0.15, 0.2) is 0 Å². The van der Waals surface area contributed by atoms with Crippen LogP contribution in [0, 0.1) is 6.92 Å². The number of rotatable bonds is 9. The third-order valence-electron chi connectivity index (χ3n) is 3.85. The van der Waals surface area contributed by atoms with Crippen LogP contribution in [0.1, 0.15) is 17.5 Å². The third-order valence-corrected chi connectivity index (χ3v) is 4.78. The smallest absolute Gasteiger partial charge is 0.314 e. The van der Waals surface area contributed by atoms with Crippen molar-refractivity contribution >= 4 is 16.1 Å². The number of nitrogens with one attached hydrogen (secondary N) is 2. The number of carbonyl (C=O) groups excluding carboxylic acids is 1. The Balaban J connectivity index is 1.57. The Morgan fingerprint density at radius 2 is 1.63 bits per heavy atom. The predicted octanol–water partition coefficient (Wildman–Crippen LogP) is 1.95. The molecule has 0 saturated heterocycles. The van der Waals surface area contributed by atoms with Gasteiger partial charge in [-0.2, -0.15) is 0 Å². The van der Waals surface area contributed by atoms with Gasteiger partial charge in [-0.1, -0.05) is 29.8 Å². The van der Waals surface area contributed by atoms with Crippen LogP contribution >= 0.6 is 0 Å². The number of primary sulfonamides is 1. The van der Waals surface area contributed by atoms with Crippen LogP contribution < -0.4 is 20.5 Å². The molecule has 0 radical (unpaired) electrons. The quantitative estimate of drug-likeness (QED) is 0.567. The van der Waals surface area contributed by atoms with E-state index in [1.165, 1.54) is 17.7 Å². The van der Waals surface area contributed by atoms with E-state index in [0.29, 0.717) is 32.5 Å². The normalized spacial score (nSPS) is 11.0. The van der Waals surface area contributed by atoms with E-state index >= 15 is 0 Å². The molecular weight excluding hydrogens is 366 g/mol. The summed E-state index contributed by atoms with van der Waals surface area (Å²) in [6.07, 6.45) is 1.30. The number of benzene rings is 2. The lowest BCUT2D eigenvalue weighted by Gasteiger charge is -2.09. The number of aryl methyl sites for hydroxylation is 1. The Bertz CT molecular complexity index is 834. The van der Waals surface area contributed by atoms with E-state index in [1.54, 1.807) is 12.1 Å². The number of nitrogens with two attached hydrogens (primary N) is 1. The monoisotopic (exact) mass is 391 g/mol. The summed E-state index contributed by atoms with van der Waals surface area (Å²) < 4.78 is 28.0. The van der Waals surface area contributed by atoms with Gasteiger partial charge in [-0.15, -0.1) is 0 Å². The summed E-state index contributed by atoms with van der Waals surface area (Å²) >= 11 is 0. The lowest BCUT2D eigenvalue weighted by molar-refractivity contribution is 0.239. The molecule has 2 aromatic rings. The SMILES string of the molecule is Cc1ccc(OCCCNC(=O)NCCc2ccc(S(N)(=O)=O)cc2)cc1. The largest absolute Gasteiger partial charge is 0.494 e. The van der Waals surface area contributed by atoms with E-state index in [2.05, 4.69) is 10.6 Å². The van der Waals surface area contributed by atoms with Gasteiger partial charge in [0.25, 0.3) is 0 Å². The molecule has 8 heteroatoms. The topological polar surface area (TPSA) is 111 Å². The maximum atomic E-state index is 11.7. The first-order chi connectivity index (χ1) is 12.8. The Kier molecular flexibility index (Phi) is 7.63. The van der Waals surface area contributed by atoms with Crippen LogP contribution in [0.25, 0.3) is 0 Å². The number of hydrogen-bond acceptors (Lipinski definition) is 4. The second-order valence-corrected chi connectivity index (χ2v) is 7.70. The fraction of sp³-hybridized carbons (Fsp3) is 0.316. The number of carbonyl (C=O) groups is 1. The van der Waals surface area contributed by atoms with Gasteiger partial charge in [-0.05, 0) is 49.6 Å². The van der Waals surface area contributed by atoms with Crippen LogP contribution in [-0.2, 0) is 16.4 Å². The number of amides is 2. The molecule has 2 rings (SSSR count). The Labute approximate surface area is 160 Å². The molecule has 0 aromatic heterocycles. The fourth-order valence-corrected chi connectivity index (χ4v) is 2.84. The van der Waals surface area contributed by atoms with Gasteiger partial charge < -0.3 is 15.4 Å². The number of sulfonamides is 1. The molecule has 0 bridgehead atoms. The zero-order valence-electron chi connectivity index (χ0n) is 15.3. The molecule has 0 aliphatic heterocycles. The molecule has 2 amide bonds. The molecule has 0 atom stereocenters. The molecule has 0 fully saturated rings. The molecule has 146 valence electrons. The zero-order valence-corrected chi connectivity index (χ0v) is 16.1. The highest BCUT2D eigenvalue weighted by molar-refractivity contribution is 7.89. The van der Waals surface area contributed by atoms with Crippen molar-refractivity contribution < 1.29 is 17.9 Å². The van der Waals surface area contributed by atoms with Crippen molar-refractivity contribution in [2.24, 2.45) is 5.14 Å². The maximum Gasteiger partial charge on any atom is 0.314 e. The summed E-state index contributed by atoms with van der Waals surface area (Å²) in [7, 11) is -3.68. The number of hydrogen-bond donors (Lipinski definition) is 3. The Hall–Kier alpha value is -2.58. The van der Waals surface area contributed by atoms with E-state index in [0.717, 1.165) is 11.3 Å². The first kappa shape index (κ1) is 20.7. The van der Waals surface area contributed by atoms with Crippen LogP contribution in [0.2, 0.25) is 0 Å². The number of urea groups is 1. The minimum Gasteiger partial charge on any atom is -0.494 e. The molecule has 0 aliphatic rings. The van der Waals surface area contributed by atoms with Gasteiger partial charge in [0, 0.05) is 13.1 Å². The van der Waals surface area contributed by atoms with Crippen LogP contribution in [0.4, 0.5) is 4.79 Å². The van der Waals surface area contributed by atoms with E-state index < -0.39 is 10.0 Å². The molecule has 4 N–H and O–H groups in total. The van der Waals surface area contributed by atoms with Gasteiger partial charge >= 0.3 is 6.03 Å². The molecule has 7 nitrogen and oxygen atoms in total. The van der Waals surface area contributed by atoms with E-state index in [-0.39, 0.29) is 10.9 Å². The van der Waals surface area contributed by atoms with Crippen LogP contribution in [0.15, 0.2) is 53.4 Å². The summed E-state index contributed by atoms with van der Waals surface area (Å²) in [6.45, 7) is 3.51. The van der Waals surface area contributed by atoms with E-state index in [4.69, 9.17) is 9.88 Å². The van der Waals surface area contributed by atoms with Gasteiger partial charge in [0.2, 0.25) is 10.0 Å². The van der Waals surface area contributed by atoms with E-state index in [1.807, 2.05) is 31.2 Å². The second-order valence-electron chi connectivity index (χ2n) is 6.14. The molecule has 0 saturated carbocycles. The highest BCUT2D eigenvalue weighted by atomic mass is 32.2. The van der Waals surface area contributed by atoms with Crippen LogP contribution in [0.3, 0.4) is 0 Å². The predicted molar refractivity (Wildman–Crippen MR) is 104 cm³/mol. The molecule has 27 heavy (non-hydrogen) atoms. The van der Waals surface area contributed by atoms with Crippen molar-refractivity contribution in [3.05, 3.63) is 59.7 Å². The second kappa shape index (κ2) is 9.94. The molecule has 2 aromatic carbocycles. The lowest BCUT2D eigenvalue weighted by Crippen LogP contribution is -2.37. The minimum atomic E-state index is -3.68. The summed E-state index contributed by atoms with van der Waals surface area (Å²) in [5, 5.41) is 10.6. The van der Waals surface area contributed by atoms with Crippen molar-refractivity contribution in [2.45, 2.75) is 24.7 Å². The van der Waals surface area contributed by atoms with E-state index in [9.17, 15) is 13.2 Å². The Morgan fingerprint density at radius 3 is 2.26 bits per heavy atom. The van der Waals surface area contributed by atoms with Crippen molar-refractivity contribution in [1.29, 1.82) is 0 Å². The average molecular weight is 391 g/mol. The summed E-state index contributed by atoms with van der Waals surface area (Å²) in [4.78, 5) is 11.8. The minimum absolute atomic E-state index is 0.0739. The molecule has 0 aliphatic carbocycles. The zero-order chi connectivity index (χ0) is 19.7. The highest BCUT2D eigenvalue weighted by Gasteiger charge is 2.06. The third kappa shape index (κ3) is 7.67. The first-order valence-corrected chi connectivity index (χ1v) is 10.2. The van der Waals surface area contributed by atoms with Crippen LogP contribution in [-0.4, -0.2) is 34.1 Å². The number of ether oxygens (including phenoxy) is 1. The van der Waals surface area contributed by atoms with Gasteiger partial charge in [-0.25, -0.2) is 18.4 Å². The molecule has 0 heterocycles. The van der Waals surface area contributed by atoms with Crippen molar-refractivity contribution in [3.63, 3.8) is 0 Å². The van der Waals surface area contributed by atoms with Crippen molar-refractivity contribution in [1.82, 2.24) is 10.6 Å². The fourth-order valence-electron chi connectivity index (χ4n) is 2.33. The molecular formula is C19H25N3O4S. The maximum absolute atomic E-state index is 11.7.